The second-order valence-electron chi connectivity index (χ2n) is 6.22. The van der Waals surface area contributed by atoms with Crippen molar-refractivity contribution in [3.63, 3.8) is 0 Å². The highest BCUT2D eigenvalue weighted by atomic mass is 32.2. The maximum absolute atomic E-state index is 12.2. The lowest BCUT2D eigenvalue weighted by molar-refractivity contribution is -0.113. The van der Waals surface area contributed by atoms with E-state index in [9.17, 15) is 4.79 Å². The van der Waals surface area contributed by atoms with Crippen molar-refractivity contribution in [2.45, 2.75) is 31.3 Å². The quantitative estimate of drug-likeness (QED) is 0.598. The molecule has 1 amide bonds. The molecule has 2 heterocycles. The van der Waals surface area contributed by atoms with E-state index in [-0.39, 0.29) is 11.7 Å². The molecule has 1 aromatic carbocycles. The summed E-state index contributed by atoms with van der Waals surface area (Å²) in [6.45, 7) is 2.18. The maximum Gasteiger partial charge on any atom is 0.234 e. The van der Waals surface area contributed by atoms with Crippen LogP contribution >= 0.6 is 11.8 Å². The number of benzene rings is 1. The van der Waals surface area contributed by atoms with Crippen LogP contribution in [0.2, 0.25) is 0 Å². The zero-order chi connectivity index (χ0) is 19.1. The Bertz CT molecular complexity index is 877. The number of nitrogens with zero attached hydrogens (tertiary/aromatic N) is 4. The van der Waals surface area contributed by atoms with Gasteiger partial charge in [0.15, 0.2) is 11.0 Å². The molecule has 1 N–H and O–H groups in total. The van der Waals surface area contributed by atoms with Gasteiger partial charge in [0.25, 0.3) is 0 Å². The molecule has 0 saturated carbocycles. The van der Waals surface area contributed by atoms with Crippen molar-refractivity contribution in [3.8, 4) is 11.5 Å². The third-order valence-electron chi connectivity index (χ3n) is 4.12. The molecular formula is C20H23N5OS. The molecule has 0 radical (unpaired) electrons. The first kappa shape index (κ1) is 19.1. The van der Waals surface area contributed by atoms with Crippen LogP contribution in [0.25, 0.3) is 11.5 Å². The Balaban J connectivity index is 1.54. The maximum atomic E-state index is 12.2. The number of anilines is 1. The summed E-state index contributed by atoms with van der Waals surface area (Å²) < 4.78 is 1.85. The molecule has 7 heteroatoms. The molecule has 0 bridgehead atoms. The fraction of sp³-hybridized carbons (Fsp3) is 0.300. The van der Waals surface area contributed by atoms with Crippen LogP contribution in [0.4, 0.5) is 5.69 Å². The Kier molecular flexibility index (Phi) is 6.59. The molecule has 2 aromatic heterocycles. The number of carbonyl (C=O) groups is 1. The lowest BCUT2D eigenvalue weighted by atomic mass is 10.1. The SMILES string of the molecule is CCCCc1ccc(NC(=O)CSc2nnc(-c3ccccn3)n2C)cc1. The molecule has 0 unspecified atom stereocenters. The number of hydrogen-bond acceptors (Lipinski definition) is 5. The number of hydrogen-bond donors (Lipinski definition) is 1. The number of thioether (sulfide) groups is 1. The molecule has 6 nitrogen and oxygen atoms in total. The van der Waals surface area contributed by atoms with E-state index in [1.54, 1.807) is 6.20 Å². The van der Waals surface area contributed by atoms with Gasteiger partial charge in [0.1, 0.15) is 5.69 Å². The Hall–Kier alpha value is -2.67. The van der Waals surface area contributed by atoms with E-state index in [4.69, 9.17) is 0 Å². The van der Waals surface area contributed by atoms with Crippen molar-refractivity contribution in [2.24, 2.45) is 7.05 Å². The minimum absolute atomic E-state index is 0.0660. The predicted molar refractivity (Wildman–Crippen MR) is 109 cm³/mol. The molecular weight excluding hydrogens is 358 g/mol. The van der Waals surface area contributed by atoms with Gasteiger partial charge in [-0.1, -0.05) is 43.3 Å². The fourth-order valence-electron chi connectivity index (χ4n) is 2.62. The van der Waals surface area contributed by atoms with Gasteiger partial charge in [0.05, 0.1) is 5.75 Å². The number of unbranched alkanes of at least 4 members (excludes halogenated alkanes) is 1. The van der Waals surface area contributed by atoms with Crippen LogP contribution in [0.1, 0.15) is 25.3 Å². The van der Waals surface area contributed by atoms with Gasteiger partial charge < -0.3 is 9.88 Å². The summed E-state index contributed by atoms with van der Waals surface area (Å²) in [4.78, 5) is 16.5. The summed E-state index contributed by atoms with van der Waals surface area (Å²) >= 11 is 1.35. The van der Waals surface area contributed by atoms with Crippen molar-refractivity contribution in [2.75, 3.05) is 11.1 Å². The number of amides is 1. The molecule has 0 atom stereocenters. The third-order valence-corrected chi connectivity index (χ3v) is 5.14. The second-order valence-corrected chi connectivity index (χ2v) is 7.16. The van der Waals surface area contributed by atoms with Gasteiger partial charge in [-0.25, -0.2) is 0 Å². The minimum atomic E-state index is -0.0660. The summed E-state index contributed by atoms with van der Waals surface area (Å²) in [6, 6.07) is 13.7. The van der Waals surface area contributed by atoms with E-state index in [0.717, 1.165) is 17.8 Å². The molecule has 0 aliphatic carbocycles. The zero-order valence-corrected chi connectivity index (χ0v) is 16.4. The highest BCUT2D eigenvalue weighted by Crippen LogP contribution is 2.21. The van der Waals surface area contributed by atoms with Gasteiger partial charge in [-0.3, -0.25) is 9.78 Å². The number of rotatable bonds is 8. The first-order valence-electron chi connectivity index (χ1n) is 8.99. The molecule has 27 heavy (non-hydrogen) atoms. The van der Waals surface area contributed by atoms with Gasteiger partial charge in [-0.05, 0) is 42.7 Å². The highest BCUT2D eigenvalue weighted by molar-refractivity contribution is 7.99. The molecule has 0 saturated heterocycles. The smallest absolute Gasteiger partial charge is 0.234 e. The van der Waals surface area contributed by atoms with Gasteiger partial charge in [0, 0.05) is 18.9 Å². The Morgan fingerprint density at radius 2 is 1.96 bits per heavy atom. The topological polar surface area (TPSA) is 72.7 Å². The molecule has 0 aliphatic heterocycles. The van der Waals surface area contributed by atoms with Crippen LogP contribution in [0.5, 0.6) is 0 Å². The van der Waals surface area contributed by atoms with Crippen molar-refractivity contribution in [1.82, 2.24) is 19.7 Å². The van der Waals surface area contributed by atoms with Gasteiger partial charge >= 0.3 is 0 Å². The molecule has 0 fully saturated rings. The van der Waals surface area contributed by atoms with E-state index in [1.807, 2.05) is 41.9 Å². The van der Waals surface area contributed by atoms with Crippen molar-refractivity contribution >= 4 is 23.4 Å². The number of carbonyl (C=O) groups excluding carboxylic acids is 1. The molecule has 3 rings (SSSR count). The second kappa shape index (κ2) is 9.32. The molecule has 3 aromatic rings. The van der Waals surface area contributed by atoms with Crippen LogP contribution in [-0.2, 0) is 18.3 Å². The first-order chi connectivity index (χ1) is 13.2. The van der Waals surface area contributed by atoms with E-state index in [1.165, 1.54) is 30.2 Å². The average Bonchev–Trinajstić information content (AvgIpc) is 3.07. The first-order valence-corrected chi connectivity index (χ1v) is 9.98. The van der Waals surface area contributed by atoms with E-state index in [0.29, 0.717) is 11.0 Å². The number of aryl methyl sites for hydroxylation is 1. The predicted octanol–water partition coefficient (Wildman–Crippen LogP) is 3.95. The molecule has 0 aliphatic rings. The summed E-state index contributed by atoms with van der Waals surface area (Å²) in [7, 11) is 1.87. The summed E-state index contributed by atoms with van der Waals surface area (Å²) in [5, 5.41) is 12.0. The highest BCUT2D eigenvalue weighted by Gasteiger charge is 2.13. The molecule has 0 spiro atoms. The Morgan fingerprint density at radius 3 is 2.67 bits per heavy atom. The lowest BCUT2D eigenvalue weighted by Gasteiger charge is -2.07. The molecule has 140 valence electrons. The van der Waals surface area contributed by atoms with Crippen LogP contribution in [0, 0.1) is 0 Å². The third kappa shape index (κ3) is 5.17. The Morgan fingerprint density at radius 1 is 1.15 bits per heavy atom. The van der Waals surface area contributed by atoms with Crippen molar-refractivity contribution in [1.29, 1.82) is 0 Å². The van der Waals surface area contributed by atoms with Gasteiger partial charge in [-0.2, -0.15) is 0 Å². The van der Waals surface area contributed by atoms with Crippen LogP contribution in [-0.4, -0.2) is 31.4 Å². The average molecular weight is 382 g/mol. The van der Waals surface area contributed by atoms with Crippen molar-refractivity contribution < 1.29 is 4.79 Å². The summed E-state index contributed by atoms with van der Waals surface area (Å²) in [6.07, 6.45) is 5.16. The minimum Gasteiger partial charge on any atom is -0.325 e. The zero-order valence-electron chi connectivity index (χ0n) is 15.6. The van der Waals surface area contributed by atoms with E-state index < -0.39 is 0 Å². The van der Waals surface area contributed by atoms with Gasteiger partial charge in [0.2, 0.25) is 5.91 Å². The van der Waals surface area contributed by atoms with Gasteiger partial charge in [-0.15, -0.1) is 10.2 Å². The number of pyridine rings is 1. The van der Waals surface area contributed by atoms with Crippen LogP contribution in [0.15, 0.2) is 53.8 Å². The fourth-order valence-corrected chi connectivity index (χ4v) is 3.33. The van der Waals surface area contributed by atoms with Crippen LogP contribution < -0.4 is 5.32 Å². The van der Waals surface area contributed by atoms with Crippen molar-refractivity contribution in [3.05, 3.63) is 54.2 Å². The summed E-state index contributed by atoms with van der Waals surface area (Å²) in [5.41, 5.74) is 2.87. The van der Waals surface area contributed by atoms with E-state index in [2.05, 4.69) is 39.6 Å². The largest absolute Gasteiger partial charge is 0.325 e. The van der Waals surface area contributed by atoms with E-state index >= 15 is 0 Å². The standard InChI is InChI=1S/C20H23N5OS/c1-3-4-7-15-9-11-16(12-10-15)22-18(26)14-27-20-24-23-19(25(20)2)17-8-5-6-13-21-17/h5-6,8-13H,3-4,7,14H2,1-2H3,(H,22,26). The normalized spacial score (nSPS) is 10.7. The number of aromatic nitrogens is 4. The summed E-state index contributed by atoms with van der Waals surface area (Å²) in [5.74, 6) is 0.885. The van der Waals surface area contributed by atoms with Crippen LogP contribution in [0.3, 0.4) is 0 Å². The Labute approximate surface area is 163 Å². The number of nitrogens with one attached hydrogen (secondary N) is 1. The lowest BCUT2D eigenvalue weighted by Crippen LogP contribution is -2.14. The monoisotopic (exact) mass is 381 g/mol.